The van der Waals surface area contributed by atoms with E-state index in [-0.39, 0.29) is 5.91 Å². The van der Waals surface area contributed by atoms with E-state index in [1.165, 1.54) is 0 Å². The Hall–Kier alpha value is -3.63. The lowest BCUT2D eigenvalue weighted by Gasteiger charge is -2.43. The highest BCUT2D eigenvalue weighted by Crippen LogP contribution is 2.30. The highest BCUT2D eigenvalue weighted by atomic mass is 32.1. The van der Waals surface area contributed by atoms with Gasteiger partial charge in [-0.05, 0) is 38.4 Å². The molecule has 0 bridgehead atoms. The molecule has 1 amide bonds. The van der Waals surface area contributed by atoms with Gasteiger partial charge in [0.15, 0.2) is 5.13 Å². The van der Waals surface area contributed by atoms with E-state index in [1.54, 1.807) is 35.9 Å². The average molecular weight is 475 g/mol. The van der Waals surface area contributed by atoms with E-state index in [1.807, 2.05) is 43.4 Å². The number of amides is 1. The first kappa shape index (κ1) is 22.2. The van der Waals surface area contributed by atoms with Crippen molar-refractivity contribution in [2.75, 3.05) is 56.4 Å². The number of likely N-dealkylation sites (N-methyl/N-ethyl adjacent to an activating group) is 1. The van der Waals surface area contributed by atoms with Crippen LogP contribution in [0.4, 0.5) is 16.8 Å². The van der Waals surface area contributed by atoms with E-state index >= 15 is 0 Å². The predicted molar refractivity (Wildman–Crippen MR) is 137 cm³/mol. The molecule has 9 nitrogen and oxygen atoms in total. The van der Waals surface area contributed by atoms with Gasteiger partial charge in [-0.25, -0.2) is 19.9 Å². The molecule has 0 aliphatic carbocycles. The zero-order valence-electron chi connectivity index (χ0n) is 19.6. The van der Waals surface area contributed by atoms with E-state index in [4.69, 9.17) is 4.98 Å². The number of carbonyl (C=O) groups is 1. The summed E-state index contributed by atoms with van der Waals surface area (Å²) >= 11 is 1.58. The van der Waals surface area contributed by atoms with Crippen molar-refractivity contribution < 1.29 is 4.79 Å². The number of nitrogens with zero attached hydrogens (tertiary/aromatic N) is 7. The van der Waals surface area contributed by atoms with Crippen LogP contribution < -0.4 is 15.1 Å². The molecule has 1 aliphatic rings. The van der Waals surface area contributed by atoms with Crippen LogP contribution in [0.5, 0.6) is 0 Å². The maximum atomic E-state index is 12.9. The van der Waals surface area contributed by atoms with E-state index in [0.29, 0.717) is 17.4 Å². The van der Waals surface area contributed by atoms with Crippen LogP contribution in [0.25, 0.3) is 21.5 Å². The third-order valence-electron chi connectivity index (χ3n) is 5.87. The number of pyridine rings is 3. The Labute approximate surface area is 202 Å². The molecule has 0 spiro atoms. The Morgan fingerprint density at radius 3 is 2.62 bits per heavy atom. The van der Waals surface area contributed by atoms with E-state index in [2.05, 4.69) is 44.2 Å². The van der Waals surface area contributed by atoms with Crippen LogP contribution in [0.15, 0.2) is 48.9 Å². The van der Waals surface area contributed by atoms with E-state index in [9.17, 15) is 4.79 Å². The second-order valence-electron chi connectivity index (χ2n) is 8.74. The van der Waals surface area contributed by atoms with Gasteiger partial charge in [0.2, 0.25) is 0 Å². The Bertz CT molecular complexity index is 1350. The summed E-state index contributed by atoms with van der Waals surface area (Å²) in [6.07, 6.45) is 5.23. The molecule has 5 rings (SSSR count). The Balaban J connectivity index is 1.33. The van der Waals surface area contributed by atoms with Crippen molar-refractivity contribution in [1.82, 2.24) is 24.8 Å². The molecule has 174 valence electrons. The standard InChI is InChI=1S/C24H26N8OS/c1-30(2)17-13-32(14-17)22-9-15(7-8-25-22)23(33)29-21-10-19-16(11-26-21)5-6-18(28-19)20-12-27-24(34-20)31(3)4/h5-12,17H,13-14H2,1-4H3,(H,26,29,33). The molecular weight excluding hydrogens is 448 g/mol. The maximum absolute atomic E-state index is 12.9. The third-order valence-corrected chi connectivity index (χ3v) is 7.06. The number of carbonyl (C=O) groups excluding carboxylic acids is 1. The van der Waals surface area contributed by atoms with Crippen molar-refractivity contribution in [3.8, 4) is 10.6 Å². The lowest BCUT2D eigenvalue weighted by molar-refractivity contribution is 0.102. The fourth-order valence-corrected chi connectivity index (χ4v) is 4.51. The molecule has 0 saturated carbocycles. The van der Waals surface area contributed by atoms with Crippen molar-refractivity contribution in [3.05, 3.63) is 54.5 Å². The summed E-state index contributed by atoms with van der Waals surface area (Å²) in [7, 11) is 8.08. The highest BCUT2D eigenvalue weighted by molar-refractivity contribution is 7.18. The summed E-state index contributed by atoms with van der Waals surface area (Å²) < 4.78 is 0. The Morgan fingerprint density at radius 1 is 1.06 bits per heavy atom. The number of hydrogen-bond donors (Lipinski definition) is 1. The fourth-order valence-electron chi connectivity index (χ4n) is 3.70. The average Bonchev–Trinajstić information content (AvgIpc) is 3.28. The van der Waals surface area contributed by atoms with Crippen molar-refractivity contribution in [2.45, 2.75) is 6.04 Å². The van der Waals surface area contributed by atoms with Gasteiger partial charge in [0.1, 0.15) is 11.6 Å². The van der Waals surface area contributed by atoms with Crippen LogP contribution in [0.1, 0.15) is 10.4 Å². The molecule has 1 N–H and O–H groups in total. The second-order valence-corrected chi connectivity index (χ2v) is 9.75. The molecule has 34 heavy (non-hydrogen) atoms. The van der Waals surface area contributed by atoms with Crippen LogP contribution in [0.2, 0.25) is 0 Å². The molecular formula is C24H26N8OS. The summed E-state index contributed by atoms with van der Waals surface area (Å²) in [6, 6.07) is 9.79. The van der Waals surface area contributed by atoms with Crippen LogP contribution in [-0.4, -0.2) is 78.1 Å². The summed E-state index contributed by atoms with van der Waals surface area (Å²) in [5.41, 5.74) is 2.14. The normalized spacial score (nSPS) is 13.9. The molecule has 4 aromatic heterocycles. The molecule has 0 aromatic carbocycles. The van der Waals surface area contributed by atoms with E-state index in [0.717, 1.165) is 45.5 Å². The molecule has 4 aromatic rings. The molecule has 1 aliphatic heterocycles. The maximum Gasteiger partial charge on any atom is 0.257 e. The summed E-state index contributed by atoms with van der Waals surface area (Å²) in [4.78, 5) is 38.3. The Kier molecular flexibility index (Phi) is 5.84. The minimum absolute atomic E-state index is 0.227. The zero-order valence-corrected chi connectivity index (χ0v) is 20.4. The summed E-state index contributed by atoms with van der Waals surface area (Å²) in [6.45, 7) is 1.81. The van der Waals surface area contributed by atoms with Gasteiger partial charge in [-0.15, -0.1) is 0 Å². The lowest BCUT2D eigenvalue weighted by atomic mass is 10.1. The number of fused-ring (bicyclic) bond motifs is 1. The number of nitrogens with one attached hydrogen (secondary N) is 1. The number of thiazole rings is 1. The van der Waals surface area contributed by atoms with Gasteiger partial charge in [-0.1, -0.05) is 11.3 Å². The van der Waals surface area contributed by atoms with Gasteiger partial charge in [0.25, 0.3) is 5.91 Å². The quantitative estimate of drug-likeness (QED) is 0.456. The molecule has 10 heteroatoms. The first-order valence-electron chi connectivity index (χ1n) is 11.0. The monoisotopic (exact) mass is 474 g/mol. The minimum atomic E-state index is -0.227. The van der Waals surface area contributed by atoms with Gasteiger partial charge >= 0.3 is 0 Å². The topological polar surface area (TPSA) is 90.4 Å². The fraction of sp³-hybridized carbons (Fsp3) is 0.292. The van der Waals surface area contributed by atoms with Crippen LogP contribution in [0.3, 0.4) is 0 Å². The van der Waals surface area contributed by atoms with Crippen molar-refractivity contribution in [2.24, 2.45) is 0 Å². The van der Waals surface area contributed by atoms with Gasteiger partial charge in [0.05, 0.1) is 16.1 Å². The number of anilines is 3. The van der Waals surface area contributed by atoms with Gasteiger partial charge in [-0.3, -0.25) is 4.79 Å². The minimum Gasteiger partial charge on any atom is -0.354 e. The van der Waals surface area contributed by atoms with Gasteiger partial charge in [0, 0.05) is 68.8 Å². The van der Waals surface area contributed by atoms with Crippen molar-refractivity contribution in [1.29, 1.82) is 0 Å². The first-order chi connectivity index (χ1) is 16.4. The largest absolute Gasteiger partial charge is 0.354 e. The van der Waals surface area contributed by atoms with Crippen molar-refractivity contribution in [3.63, 3.8) is 0 Å². The molecule has 0 unspecified atom stereocenters. The summed E-state index contributed by atoms with van der Waals surface area (Å²) in [5.74, 6) is 1.04. The number of hydrogen-bond acceptors (Lipinski definition) is 9. The van der Waals surface area contributed by atoms with Gasteiger partial charge in [-0.2, -0.15) is 0 Å². The molecule has 5 heterocycles. The molecule has 0 atom stereocenters. The second kappa shape index (κ2) is 8.96. The van der Waals surface area contributed by atoms with Crippen LogP contribution in [-0.2, 0) is 0 Å². The van der Waals surface area contributed by atoms with Crippen LogP contribution in [0, 0.1) is 0 Å². The highest BCUT2D eigenvalue weighted by Gasteiger charge is 2.29. The predicted octanol–water partition coefficient (Wildman–Crippen LogP) is 3.22. The lowest BCUT2D eigenvalue weighted by Crippen LogP contribution is -2.57. The zero-order chi connectivity index (χ0) is 23.8. The van der Waals surface area contributed by atoms with Crippen molar-refractivity contribution >= 4 is 44.9 Å². The summed E-state index contributed by atoms with van der Waals surface area (Å²) in [5, 5.41) is 4.72. The number of aromatic nitrogens is 4. The van der Waals surface area contributed by atoms with Crippen LogP contribution >= 0.6 is 11.3 Å². The SMILES string of the molecule is CN(C)c1ncc(-c2ccc3cnc(NC(=O)c4ccnc(N5CC(N(C)C)C5)c4)cc3n2)s1. The molecule has 0 radical (unpaired) electrons. The third kappa shape index (κ3) is 4.42. The first-order valence-corrected chi connectivity index (χ1v) is 11.8. The number of rotatable bonds is 6. The molecule has 1 fully saturated rings. The van der Waals surface area contributed by atoms with E-state index < -0.39 is 0 Å². The Morgan fingerprint density at radius 2 is 1.88 bits per heavy atom. The molecule has 1 saturated heterocycles. The van der Waals surface area contributed by atoms with Gasteiger partial charge < -0.3 is 20.0 Å². The smallest absolute Gasteiger partial charge is 0.257 e.